The molecule has 2 aromatic carbocycles. The molecule has 1 heterocycles. The Morgan fingerprint density at radius 2 is 1.77 bits per heavy atom. The summed E-state index contributed by atoms with van der Waals surface area (Å²) in [5.41, 5.74) is 2.70. The third-order valence-corrected chi connectivity index (χ3v) is 5.95. The average Bonchev–Trinajstić information content (AvgIpc) is 2.68. The van der Waals surface area contributed by atoms with E-state index in [1.807, 2.05) is 30.3 Å². The molecule has 2 aromatic rings. The van der Waals surface area contributed by atoms with Crippen molar-refractivity contribution in [2.45, 2.75) is 31.2 Å². The van der Waals surface area contributed by atoms with E-state index in [1.165, 1.54) is 11.1 Å². The van der Waals surface area contributed by atoms with Gasteiger partial charge in [0.05, 0.1) is 5.75 Å². The first-order chi connectivity index (χ1) is 12.7. The van der Waals surface area contributed by atoms with E-state index in [2.05, 4.69) is 41.4 Å². The van der Waals surface area contributed by atoms with Crippen LogP contribution in [0.15, 0.2) is 59.5 Å². The first-order valence-electron chi connectivity index (χ1n) is 9.41. The molecule has 1 amide bonds. The molecule has 0 saturated carbocycles. The van der Waals surface area contributed by atoms with E-state index in [1.54, 1.807) is 11.8 Å². The van der Waals surface area contributed by atoms with Gasteiger partial charge in [-0.2, -0.15) is 0 Å². The molecule has 0 aromatic heterocycles. The fraction of sp³-hybridized carbons (Fsp3) is 0.409. The Bertz CT molecular complexity index is 679. The van der Waals surface area contributed by atoms with Crippen LogP contribution in [0.5, 0.6) is 0 Å². The molecular weight excluding hydrogens is 340 g/mol. The molecule has 3 rings (SSSR count). The number of aryl methyl sites for hydroxylation is 1. The summed E-state index contributed by atoms with van der Waals surface area (Å²) in [6, 6.07) is 18.9. The predicted octanol–water partition coefficient (Wildman–Crippen LogP) is 4.12. The molecule has 0 aliphatic carbocycles. The molecule has 26 heavy (non-hydrogen) atoms. The van der Waals surface area contributed by atoms with Crippen molar-refractivity contribution in [1.29, 1.82) is 0 Å². The van der Waals surface area contributed by atoms with Crippen molar-refractivity contribution in [2.24, 2.45) is 5.92 Å². The molecule has 1 saturated heterocycles. The topological polar surface area (TPSA) is 32.3 Å². The summed E-state index contributed by atoms with van der Waals surface area (Å²) in [4.78, 5) is 15.7. The largest absolute Gasteiger partial charge is 0.355 e. The Hall–Kier alpha value is -1.78. The molecule has 1 aliphatic heterocycles. The molecule has 0 atom stereocenters. The van der Waals surface area contributed by atoms with Gasteiger partial charge in [0.2, 0.25) is 5.91 Å². The number of amides is 1. The number of hydrogen-bond acceptors (Lipinski definition) is 3. The minimum atomic E-state index is 0.140. The zero-order valence-electron chi connectivity index (χ0n) is 15.5. The second-order valence-corrected chi connectivity index (χ2v) is 8.16. The summed E-state index contributed by atoms with van der Waals surface area (Å²) < 4.78 is 0. The van der Waals surface area contributed by atoms with E-state index in [9.17, 15) is 4.79 Å². The fourth-order valence-corrected chi connectivity index (χ4v) is 4.02. The molecule has 1 fully saturated rings. The van der Waals surface area contributed by atoms with Gasteiger partial charge in [0, 0.05) is 18.0 Å². The lowest BCUT2D eigenvalue weighted by atomic mass is 9.96. The minimum absolute atomic E-state index is 0.140. The zero-order chi connectivity index (χ0) is 18.2. The van der Waals surface area contributed by atoms with Crippen LogP contribution in [-0.4, -0.2) is 36.2 Å². The summed E-state index contributed by atoms with van der Waals surface area (Å²) in [5, 5.41) is 3.12. The Morgan fingerprint density at radius 1 is 1.08 bits per heavy atom. The van der Waals surface area contributed by atoms with Gasteiger partial charge in [0.15, 0.2) is 0 Å². The van der Waals surface area contributed by atoms with Crippen molar-refractivity contribution in [3.8, 4) is 0 Å². The van der Waals surface area contributed by atoms with Crippen molar-refractivity contribution in [2.75, 3.05) is 25.4 Å². The Balaban J connectivity index is 1.32. The smallest absolute Gasteiger partial charge is 0.230 e. The van der Waals surface area contributed by atoms with E-state index in [0.717, 1.165) is 43.9 Å². The predicted molar refractivity (Wildman–Crippen MR) is 109 cm³/mol. The molecule has 1 N–H and O–H groups in total. The van der Waals surface area contributed by atoms with Gasteiger partial charge in [-0.25, -0.2) is 0 Å². The van der Waals surface area contributed by atoms with Crippen LogP contribution in [0.2, 0.25) is 0 Å². The molecule has 1 aliphatic rings. The number of hydrogen-bond donors (Lipinski definition) is 1. The summed E-state index contributed by atoms with van der Waals surface area (Å²) in [6.45, 7) is 6.21. The van der Waals surface area contributed by atoms with Crippen LogP contribution >= 0.6 is 11.8 Å². The lowest BCUT2D eigenvalue weighted by Gasteiger charge is -2.32. The van der Waals surface area contributed by atoms with Crippen LogP contribution < -0.4 is 5.32 Å². The molecular formula is C22H28N2OS. The zero-order valence-corrected chi connectivity index (χ0v) is 16.3. The first-order valence-corrected chi connectivity index (χ1v) is 10.4. The summed E-state index contributed by atoms with van der Waals surface area (Å²) in [7, 11) is 0. The van der Waals surface area contributed by atoms with Gasteiger partial charge in [-0.15, -0.1) is 11.8 Å². The highest BCUT2D eigenvalue weighted by Crippen LogP contribution is 2.19. The van der Waals surface area contributed by atoms with Crippen LogP contribution in [-0.2, 0) is 11.3 Å². The average molecular weight is 369 g/mol. The van der Waals surface area contributed by atoms with Crippen LogP contribution in [0.25, 0.3) is 0 Å². The standard InChI is InChI=1S/C22H28N2OS/c1-18-7-9-20(10-8-18)16-24-13-11-19(12-14-24)15-23-22(25)17-26-21-5-3-2-4-6-21/h2-10,19H,11-17H2,1H3,(H,23,25). The van der Waals surface area contributed by atoms with Gasteiger partial charge in [0.1, 0.15) is 0 Å². The van der Waals surface area contributed by atoms with Crippen LogP contribution in [0, 0.1) is 12.8 Å². The number of likely N-dealkylation sites (tertiary alicyclic amines) is 1. The third kappa shape index (κ3) is 6.19. The van der Waals surface area contributed by atoms with Gasteiger partial charge in [-0.3, -0.25) is 9.69 Å². The highest BCUT2D eigenvalue weighted by molar-refractivity contribution is 8.00. The normalized spacial score (nSPS) is 15.7. The second kappa shape index (κ2) is 9.79. The number of benzene rings is 2. The SMILES string of the molecule is Cc1ccc(CN2CCC(CNC(=O)CSc3ccccc3)CC2)cc1. The molecule has 0 radical (unpaired) electrons. The van der Waals surface area contributed by atoms with E-state index in [-0.39, 0.29) is 5.91 Å². The summed E-state index contributed by atoms with van der Waals surface area (Å²) in [6.07, 6.45) is 2.33. The maximum Gasteiger partial charge on any atom is 0.230 e. The van der Waals surface area contributed by atoms with E-state index < -0.39 is 0 Å². The van der Waals surface area contributed by atoms with E-state index in [4.69, 9.17) is 0 Å². The number of nitrogens with one attached hydrogen (secondary N) is 1. The molecule has 0 unspecified atom stereocenters. The monoisotopic (exact) mass is 368 g/mol. The first kappa shape index (κ1) is 19.0. The summed E-state index contributed by atoms with van der Waals surface area (Å²) in [5.74, 6) is 1.24. The van der Waals surface area contributed by atoms with Crippen molar-refractivity contribution in [3.63, 3.8) is 0 Å². The van der Waals surface area contributed by atoms with Crippen LogP contribution in [0.4, 0.5) is 0 Å². The number of nitrogens with zero attached hydrogens (tertiary/aromatic N) is 1. The van der Waals surface area contributed by atoms with Gasteiger partial charge >= 0.3 is 0 Å². The number of rotatable bonds is 7. The van der Waals surface area contributed by atoms with E-state index >= 15 is 0 Å². The van der Waals surface area contributed by atoms with Gasteiger partial charge in [-0.05, 0) is 56.5 Å². The van der Waals surface area contributed by atoms with Crippen molar-refractivity contribution >= 4 is 17.7 Å². The van der Waals surface area contributed by atoms with Gasteiger partial charge in [0.25, 0.3) is 0 Å². The number of thioether (sulfide) groups is 1. The number of carbonyl (C=O) groups excluding carboxylic acids is 1. The van der Waals surface area contributed by atoms with Crippen LogP contribution in [0.1, 0.15) is 24.0 Å². The highest BCUT2D eigenvalue weighted by atomic mass is 32.2. The molecule has 138 valence electrons. The minimum Gasteiger partial charge on any atom is -0.355 e. The second-order valence-electron chi connectivity index (χ2n) is 7.11. The lowest BCUT2D eigenvalue weighted by molar-refractivity contribution is -0.118. The number of carbonyl (C=O) groups is 1. The lowest BCUT2D eigenvalue weighted by Crippen LogP contribution is -2.38. The summed E-state index contributed by atoms with van der Waals surface area (Å²) >= 11 is 1.60. The number of piperidine rings is 1. The Kier molecular flexibility index (Phi) is 7.15. The Labute approximate surface area is 161 Å². The molecule has 0 bridgehead atoms. The fourth-order valence-electron chi connectivity index (χ4n) is 3.28. The van der Waals surface area contributed by atoms with Crippen molar-refractivity contribution in [3.05, 3.63) is 65.7 Å². The van der Waals surface area contributed by atoms with Crippen molar-refractivity contribution < 1.29 is 4.79 Å². The molecule has 3 nitrogen and oxygen atoms in total. The van der Waals surface area contributed by atoms with Gasteiger partial charge in [-0.1, -0.05) is 48.0 Å². The molecule has 4 heteroatoms. The maximum absolute atomic E-state index is 12.0. The Morgan fingerprint density at radius 3 is 2.46 bits per heavy atom. The van der Waals surface area contributed by atoms with E-state index in [0.29, 0.717) is 11.7 Å². The van der Waals surface area contributed by atoms with Gasteiger partial charge < -0.3 is 5.32 Å². The molecule has 0 spiro atoms. The maximum atomic E-state index is 12.0. The van der Waals surface area contributed by atoms with Crippen LogP contribution in [0.3, 0.4) is 0 Å². The third-order valence-electron chi connectivity index (χ3n) is 4.93. The van der Waals surface area contributed by atoms with Crippen molar-refractivity contribution in [1.82, 2.24) is 10.2 Å². The highest BCUT2D eigenvalue weighted by Gasteiger charge is 2.19. The quantitative estimate of drug-likeness (QED) is 0.746.